The molecule has 1 atom stereocenters. The van der Waals surface area contributed by atoms with E-state index in [9.17, 15) is 4.79 Å². The number of hydrogen-bond acceptors (Lipinski definition) is 4. The van der Waals surface area contributed by atoms with Crippen molar-refractivity contribution < 1.29 is 4.79 Å². The smallest absolute Gasteiger partial charge is 0.223 e. The van der Waals surface area contributed by atoms with Crippen LogP contribution in [0, 0.1) is 5.92 Å². The normalized spacial score (nSPS) is 22.8. The van der Waals surface area contributed by atoms with E-state index in [0.29, 0.717) is 18.5 Å². The van der Waals surface area contributed by atoms with Crippen molar-refractivity contribution in [2.24, 2.45) is 10.9 Å². The van der Waals surface area contributed by atoms with Gasteiger partial charge in [-0.3, -0.25) is 9.79 Å². The van der Waals surface area contributed by atoms with E-state index in [4.69, 9.17) is 0 Å². The molecule has 0 aromatic carbocycles. The van der Waals surface area contributed by atoms with Crippen LogP contribution < -0.4 is 16.0 Å². The van der Waals surface area contributed by atoms with Gasteiger partial charge >= 0.3 is 0 Å². The quantitative estimate of drug-likeness (QED) is 0.502. The van der Waals surface area contributed by atoms with Gasteiger partial charge < -0.3 is 16.0 Å². The summed E-state index contributed by atoms with van der Waals surface area (Å²) in [6.45, 7) is 4.32. The highest BCUT2D eigenvalue weighted by atomic mass is 127. The molecular formula is C10H19IN4O. The molecule has 1 heterocycles. The van der Waals surface area contributed by atoms with Gasteiger partial charge in [-0.1, -0.05) is 0 Å². The second kappa shape index (κ2) is 6.27. The van der Waals surface area contributed by atoms with E-state index >= 15 is 0 Å². The van der Waals surface area contributed by atoms with Crippen molar-refractivity contribution in [3.63, 3.8) is 0 Å². The maximum atomic E-state index is 11.3. The van der Waals surface area contributed by atoms with E-state index in [-0.39, 0.29) is 29.9 Å². The monoisotopic (exact) mass is 338 g/mol. The summed E-state index contributed by atoms with van der Waals surface area (Å²) in [6, 6.07) is 0.425. The molecule has 0 aromatic rings. The van der Waals surface area contributed by atoms with Crippen LogP contribution in [0.15, 0.2) is 4.99 Å². The summed E-state index contributed by atoms with van der Waals surface area (Å²) in [5, 5.41) is 9.25. The van der Waals surface area contributed by atoms with Gasteiger partial charge in [-0.2, -0.15) is 0 Å². The fraction of sp³-hybridized carbons (Fsp3) is 0.800. The van der Waals surface area contributed by atoms with Gasteiger partial charge in [0.1, 0.15) is 0 Å². The molecule has 0 aromatic heterocycles. The Labute approximate surface area is 113 Å². The number of rotatable bonds is 4. The van der Waals surface area contributed by atoms with Gasteiger partial charge in [0.05, 0.1) is 6.54 Å². The number of aliphatic imine (C=N–C) groups is 1. The highest BCUT2D eigenvalue weighted by Crippen LogP contribution is 2.28. The first kappa shape index (κ1) is 13.5. The summed E-state index contributed by atoms with van der Waals surface area (Å²) in [6.07, 6.45) is 2.12. The Hall–Kier alpha value is -0.530. The molecule has 2 aliphatic rings. The molecule has 3 N–H and O–H groups in total. The SMILES string of the molecule is CC1CN=C(NCCNC(=O)C2CC2)N1.I. The van der Waals surface area contributed by atoms with Crippen LogP contribution in [0.3, 0.4) is 0 Å². The Balaban J connectivity index is 0.00000128. The predicted octanol–water partition coefficient (Wildman–Crippen LogP) is 0.0679. The summed E-state index contributed by atoms with van der Waals surface area (Å²) in [5.74, 6) is 1.35. The Bertz CT molecular complexity index is 278. The zero-order valence-electron chi connectivity index (χ0n) is 9.45. The first-order valence-electron chi connectivity index (χ1n) is 5.58. The van der Waals surface area contributed by atoms with Crippen LogP contribution in [0.4, 0.5) is 0 Å². The van der Waals surface area contributed by atoms with Gasteiger partial charge in [0.15, 0.2) is 5.96 Å². The minimum Gasteiger partial charge on any atom is -0.355 e. The van der Waals surface area contributed by atoms with Crippen LogP contribution in [-0.4, -0.2) is 37.5 Å². The molecule has 0 bridgehead atoms. The van der Waals surface area contributed by atoms with E-state index < -0.39 is 0 Å². The highest BCUT2D eigenvalue weighted by Gasteiger charge is 2.28. The standard InChI is InChI=1S/C10H18N4O.HI/c1-7-6-13-10(14-7)12-5-4-11-9(15)8-2-3-8;/h7-8H,2-6H2,1H3,(H,11,15)(H2,12,13,14);1H. The number of amides is 1. The topological polar surface area (TPSA) is 65.5 Å². The third-order valence-corrected chi connectivity index (χ3v) is 2.57. The Morgan fingerprint density at radius 3 is 2.81 bits per heavy atom. The largest absolute Gasteiger partial charge is 0.355 e. The Morgan fingerprint density at radius 2 is 2.25 bits per heavy atom. The molecule has 5 nitrogen and oxygen atoms in total. The maximum Gasteiger partial charge on any atom is 0.223 e. The van der Waals surface area contributed by atoms with Crippen LogP contribution >= 0.6 is 24.0 Å². The molecule has 16 heavy (non-hydrogen) atoms. The van der Waals surface area contributed by atoms with Gasteiger partial charge in [-0.25, -0.2) is 0 Å². The zero-order valence-corrected chi connectivity index (χ0v) is 11.8. The summed E-state index contributed by atoms with van der Waals surface area (Å²) in [7, 11) is 0. The van der Waals surface area contributed by atoms with Gasteiger partial charge in [0.25, 0.3) is 0 Å². The molecule has 0 saturated heterocycles. The third-order valence-electron chi connectivity index (χ3n) is 2.57. The highest BCUT2D eigenvalue weighted by molar-refractivity contribution is 14.0. The third kappa shape index (κ3) is 4.15. The number of guanidine groups is 1. The average molecular weight is 338 g/mol. The second-order valence-electron chi connectivity index (χ2n) is 4.23. The first-order chi connectivity index (χ1) is 7.25. The number of halogens is 1. The van der Waals surface area contributed by atoms with E-state index in [0.717, 1.165) is 31.9 Å². The van der Waals surface area contributed by atoms with Gasteiger partial charge in [0.2, 0.25) is 5.91 Å². The fourth-order valence-electron chi connectivity index (χ4n) is 1.52. The lowest BCUT2D eigenvalue weighted by Crippen LogP contribution is -2.41. The number of carbonyl (C=O) groups excluding carboxylic acids is 1. The van der Waals surface area contributed by atoms with Crippen molar-refractivity contribution in [2.75, 3.05) is 19.6 Å². The summed E-state index contributed by atoms with van der Waals surface area (Å²) < 4.78 is 0. The van der Waals surface area contributed by atoms with Crippen LogP contribution in [0.1, 0.15) is 19.8 Å². The molecule has 1 fully saturated rings. The van der Waals surface area contributed by atoms with Crippen LogP contribution in [0.5, 0.6) is 0 Å². The van der Waals surface area contributed by atoms with Crippen molar-refractivity contribution in [1.29, 1.82) is 0 Å². The number of hydrogen-bond donors (Lipinski definition) is 3. The van der Waals surface area contributed by atoms with Crippen LogP contribution in [0.2, 0.25) is 0 Å². The lowest BCUT2D eigenvalue weighted by atomic mass is 10.4. The molecule has 1 unspecified atom stereocenters. The lowest BCUT2D eigenvalue weighted by molar-refractivity contribution is -0.122. The molecule has 1 aliphatic carbocycles. The summed E-state index contributed by atoms with van der Waals surface area (Å²) >= 11 is 0. The Morgan fingerprint density at radius 1 is 1.50 bits per heavy atom. The van der Waals surface area contributed by atoms with Crippen molar-refractivity contribution >= 4 is 35.8 Å². The minimum absolute atomic E-state index is 0. The molecule has 92 valence electrons. The average Bonchev–Trinajstić information content (AvgIpc) is 2.98. The van der Waals surface area contributed by atoms with Gasteiger partial charge in [-0.15, -0.1) is 24.0 Å². The fourth-order valence-corrected chi connectivity index (χ4v) is 1.52. The zero-order chi connectivity index (χ0) is 10.7. The van der Waals surface area contributed by atoms with E-state index in [1.54, 1.807) is 0 Å². The number of carbonyl (C=O) groups is 1. The molecule has 6 heteroatoms. The summed E-state index contributed by atoms with van der Waals surface area (Å²) in [4.78, 5) is 15.5. The Kier molecular flexibility index (Phi) is 5.30. The molecule has 1 amide bonds. The molecular weight excluding hydrogens is 319 g/mol. The minimum atomic E-state index is 0. The lowest BCUT2D eigenvalue weighted by Gasteiger charge is -2.09. The molecule has 0 spiro atoms. The van der Waals surface area contributed by atoms with Crippen LogP contribution in [-0.2, 0) is 4.79 Å². The molecule has 0 radical (unpaired) electrons. The maximum absolute atomic E-state index is 11.3. The summed E-state index contributed by atoms with van der Waals surface area (Å²) in [5.41, 5.74) is 0. The number of nitrogens with zero attached hydrogens (tertiary/aromatic N) is 1. The van der Waals surface area contributed by atoms with Crippen molar-refractivity contribution in [3.05, 3.63) is 0 Å². The second-order valence-corrected chi connectivity index (χ2v) is 4.23. The molecule has 1 saturated carbocycles. The number of nitrogens with one attached hydrogen (secondary N) is 3. The first-order valence-corrected chi connectivity index (χ1v) is 5.58. The van der Waals surface area contributed by atoms with Gasteiger partial charge in [0, 0.05) is 25.0 Å². The van der Waals surface area contributed by atoms with E-state index in [2.05, 4.69) is 27.9 Å². The van der Waals surface area contributed by atoms with E-state index in [1.807, 2.05) is 0 Å². The predicted molar refractivity (Wildman–Crippen MR) is 74.1 cm³/mol. The van der Waals surface area contributed by atoms with E-state index in [1.165, 1.54) is 0 Å². The van der Waals surface area contributed by atoms with Crippen LogP contribution in [0.25, 0.3) is 0 Å². The van der Waals surface area contributed by atoms with Gasteiger partial charge in [-0.05, 0) is 19.8 Å². The molecule has 1 aliphatic heterocycles. The van der Waals surface area contributed by atoms with Crippen molar-refractivity contribution in [3.8, 4) is 0 Å². The molecule has 2 rings (SSSR count). The van der Waals surface area contributed by atoms with Crippen molar-refractivity contribution in [1.82, 2.24) is 16.0 Å². The van der Waals surface area contributed by atoms with Crippen molar-refractivity contribution in [2.45, 2.75) is 25.8 Å².